The minimum Gasteiger partial charge on any atom is -0.459 e. The molecule has 2 aromatic heterocycles. The molecule has 2 fully saturated rings. The number of benzene rings is 1. The topological polar surface area (TPSA) is 53.8 Å². The summed E-state index contributed by atoms with van der Waals surface area (Å²) in [6.07, 6.45) is 2.83. The molecule has 0 aliphatic carbocycles. The Kier molecular flexibility index (Phi) is 7.15. The predicted molar refractivity (Wildman–Crippen MR) is 138 cm³/mol. The molecule has 0 amide bonds. The highest BCUT2D eigenvalue weighted by molar-refractivity contribution is 7.80. The van der Waals surface area contributed by atoms with Gasteiger partial charge in [-0.05, 0) is 61.5 Å². The normalized spacial score (nSPS) is 21.1. The molecule has 178 valence electrons. The number of nitrogens with zero attached hydrogens (tertiary/aromatic N) is 3. The third-order valence-corrected chi connectivity index (χ3v) is 7.31. The van der Waals surface area contributed by atoms with Gasteiger partial charge in [-0.1, -0.05) is 29.8 Å². The van der Waals surface area contributed by atoms with Gasteiger partial charge in [-0.2, -0.15) is 0 Å². The lowest BCUT2D eigenvalue weighted by Crippen LogP contribution is -2.38. The van der Waals surface area contributed by atoms with Crippen LogP contribution in [-0.2, 0) is 4.74 Å². The van der Waals surface area contributed by atoms with Crippen LogP contribution in [-0.4, -0.2) is 59.3 Å². The van der Waals surface area contributed by atoms with Crippen molar-refractivity contribution in [2.45, 2.75) is 25.4 Å². The van der Waals surface area contributed by atoms with E-state index in [0.29, 0.717) is 0 Å². The molecule has 0 saturated carbocycles. The average Bonchev–Trinajstić information content (AvgIpc) is 3.47. The highest BCUT2D eigenvalue weighted by Gasteiger charge is 2.41. The van der Waals surface area contributed by atoms with E-state index in [2.05, 4.69) is 20.1 Å². The minimum atomic E-state index is -0.0855. The van der Waals surface area contributed by atoms with Crippen LogP contribution in [0.3, 0.4) is 0 Å². The number of nitrogens with one attached hydrogen (secondary N) is 1. The summed E-state index contributed by atoms with van der Waals surface area (Å²) in [6, 6.07) is 15.9. The smallest absolute Gasteiger partial charge is 0.170 e. The van der Waals surface area contributed by atoms with E-state index in [0.717, 1.165) is 84.3 Å². The minimum absolute atomic E-state index is 0.0817. The van der Waals surface area contributed by atoms with E-state index < -0.39 is 0 Å². The summed E-state index contributed by atoms with van der Waals surface area (Å²) in [7, 11) is 0. The Bertz CT molecular complexity index is 1130. The molecule has 34 heavy (non-hydrogen) atoms. The first kappa shape index (κ1) is 23.3. The van der Waals surface area contributed by atoms with Gasteiger partial charge in [0.1, 0.15) is 17.6 Å². The first-order valence-electron chi connectivity index (χ1n) is 11.7. The second kappa shape index (κ2) is 10.4. The largest absolute Gasteiger partial charge is 0.459 e. The molecule has 2 aliphatic rings. The number of rotatable bonds is 7. The van der Waals surface area contributed by atoms with E-state index >= 15 is 0 Å². The van der Waals surface area contributed by atoms with E-state index in [9.17, 15) is 0 Å². The van der Waals surface area contributed by atoms with Crippen molar-refractivity contribution < 1.29 is 9.15 Å². The SMILES string of the molecule is Cc1ccc(-c2ccc(C3C(c4ccccn4)NC(=S)N3CCCN3CCOCC3)o2)cc1Cl. The Morgan fingerprint density at radius 2 is 1.97 bits per heavy atom. The number of ether oxygens (including phenoxy) is 1. The molecular formula is C26H29ClN4O2S. The van der Waals surface area contributed by atoms with Gasteiger partial charge < -0.3 is 19.4 Å². The average molecular weight is 497 g/mol. The molecule has 0 spiro atoms. The van der Waals surface area contributed by atoms with Gasteiger partial charge in [0, 0.05) is 43.0 Å². The van der Waals surface area contributed by atoms with Crippen molar-refractivity contribution in [1.29, 1.82) is 0 Å². The van der Waals surface area contributed by atoms with Crippen molar-refractivity contribution in [1.82, 2.24) is 20.1 Å². The molecule has 2 aliphatic heterocycles. The molecule has 8 heteroatoms. The highest BCUT2D eigenvalue weighted by Crippen LogP contribution is 2.40. The zero-order valence-corrected chi connectivity index (χ0v) is 20.8. The summed E-state index contributed by atoms with van der Waals surface area (Å²) in [5.74, 6) is 1.66. The Morgan fingerprint density at radius 1 is 1.12 bits per heavy atom. The van der Waals surface area contributed by atoms with Crippen molar-refractivity contribution in [2.24, 2.45) is 0 Å². The third-order valence-electron chi connectivity index (χ3n) is 6.55. The van der Waals surface area contributed by atoms with Crippen molar-refractivity contribution in [3.05, 3.63) is 76.8 Å². The van der Waals surface area contributed by atoms with E-state index in [-0.39, 0.29) is 12.1 Å². The van der Waals surface area contributed by atoms with E-state index in [1.54, 1.807) is 0 Å². The van der Waals surface area contributed by atoms with E-state index in [4.69, 9.17) is 33.0 Å². The maximum absolute atomic E-state index is 6.42. The summed E-state index contributed by atoms with van der Waals surface area (Å²) in [6.45, 7) is 7.46. The van der Waals surface area contributed by atoms with Crippen molar-refractivity contribution in [3.63, 3.8) is 0 Å². The second-order valence-corrected chi connectivity index (χ2v) is 9.59. The van der Waals surface area contributed by atoms with Crippen LogP contribution < -0.4 is 5.32 Å². The molecule has 1 aromatic carbocycles. The molecular weight excluding hydrogens is 468 g/mol. The monoisotopic (exact) mass is 496 g/mol. The lowest BCUT2D eigenvalue weighted by atomic mass is 10.0. The maximum Gasteiger partial charge on any atom is 0.170 e. The van der Waals surface area contributed by atoms with Gasteiger partial charge in [-0.3, -0.25) is 9.88 Å². The number of pyridine rings is 1. The van der Waals surface area contributed by atoms with Gasteiger partial charge in [-0.25, -0.2) is 0 Å². The van der Waals surface area contributed by atoms with Gasteiger partial charge in [0.15, 0.2) is 5.11 Å². The Morgan fingerprint density at radius 3 is 2.74 bits per heavy atom. The molecule has 3 aromatic rings. The molecule has 5 rings (SSSR count). The van der Waals surface area contributed by atoms with Crippen LogP contribution in [0, 0.1) is 6.92 Å². The van der Waals surface area contributed by atoms with Gasteiger partial charge in [-0.15, -0.1) is 0 Å². The number of thiocarbonyl (C=S) groups is 1. The summed E-state index contributed by atoms with van der Waals surface area (Å²) in [5.41, 5.74) is 2.95. The van der Waals surface area contributed by atoms with Crippen molar-refractivity contribution >= 4 is 28.9 Å². The fraction of sp³-hybridized carbons (Fsp3) is 0.385. The van der Waals surface area contributed by atoms with Crippen LogP contribution in [0.4, 0.5) is 0 Å². The zero-order chi connectivity index (χ0) is 23.5. The lowest BCUT2D eigenvalue weighted by molar-refractivity contribution is 0.0365. The summed E-state index contributed by atoms with van der Waals surface area (Å²) >= 11 is 12.2. The fourth-order valence-electron chi connectivity index (χ4n) is 4.66. The van der Waals surface area contributed by atoms with Gasteiger partial charge >= 0.3 is 0 Å². The Hall–Kier alpha value is -2.45. The quantitative estimate of drug-likeness (QED) is 0.462. The number of hydrogen-bond donors (Lipinski definition) is 1. The van der Waals surface area contributed by atoms with E-state index in [1.807, 2.05) is 61.7 Å². The number of aryl methyl sites for hydroxylation is 1. The Balaban J connectivity index is 1.40. The lowest BCUT2D eigenvalue weighted by Gasteiger charge is -2.29. The van der Waals surface area contributed by atoms with E-state index in [1.165, 1.54) is 0 Å². The molecule has 1 N–H and O–H groups in total. The van der Waals surface area contributed by atoms with Crippen LogP contribution in [0.2, 0.25) is 5.02 Å². The molecule has 4 heterocycles. The molecule has 0 bridgehead atoms. The van der Waals surface area contributed by atoms with Gasteiger partial charge in [0.25, 0.3) is 0 Å². The molecule has 0 radical (unpaired) electrons. The van der Waals surface area contributed by atoms with Crippen LogP contribution in [0.15, 0.2) is 59.1 Å². The van der Waals surface area contributed by atoms with Crippen LogP contribution in [0.5, 0.6) is 0 Å². The van der Waals surface area contributed by atoms with Gasteiger partial charge in [0.2, 0.25) is 0 Å². The molecule has 6 nitrogen and oxygen atoms in total. The third kappa shape index (κ3) is 4.98. The summed E-state index contributed by atoms with van der Waals surface area (Å²) in [4.78, 5) is 9.32. The fourth-order valence-corrected chi connectivity index (χ4v) is 5.17. The predicted octanol–water partition coefficient (Wildman–Crippen LogP) is 5.00. The molecule has 2 unspecified atom stereocenters. The van der Waals surface area contributed by atoms with Crippen LogP contribution in [0.1, 0.15) is 35.5 Å². The van der Waals surface area contributed by atoms with Crippen LogP contribution in [0.25, 0.3) is 11.3 Å². The summed E-state index contributed by atoms with van der Waals surface area (Å²) < 4.78 is 11.9. The summed E-state index contributed by atoms with van der Waals surface area (Å²) in [5, 5.41) is 4.97. The second-order valence-electron chi connectivity index (χ2n) is 8.79. The van der Waals surface area contributed by atoms with Gasteiger partial charge in [0.05, 0.1) is 24.9 Å². The number of morpholine rings is 1. The highest BCUT2D eigenvalue weighted by atomic mass is 35.5. The maximum atomic E-state index is 6.42. The number of aromatic nitrogens is 1. The van der Waals surface area contributed by atoms with Crippen LogP contribution >= 0.6 is 23.8 Å². The first-order valence-corrected chi connectivity index (χ1v) is 12.5. The Labute approximate surface area is 210 Å². The number of furan rings is 1. The number of hydrogen-bond acceptors (Lipinski definition) is 5. The van der Waals surface area contributed by atoms with Crippen molar-refractivity contribution in [3.8, 4) is 11.3 Å². The molecule has 2 saturated heterocycles. The number of halogens is 1. The molecule has 2 atom stereocenters. The standard InChI is InChI=1S/C26H29ClN4O2S/c1-18-6-7-19(17-20(18)27)22-8-9-23(33-22)25-24(21-5-2-3-10-28-21)29-26(34)31(25)12-4-11-30-13-15-32-16-14-30/h2-3,5-10,17,24-25H,4,11-16H2,1H3,(H,29,34). The first-order chi connectivity index (χ1) is 16.6. The van der Waals surface area contributed by atoms with Crippen molar-refractivity contribution in [2.75, 3.05) is 39.4 Å². The zero-order valence-electron chi connectivity index (χ0n) is 19.2.